The fourth-order valence-electron chi connectivity index (χ4n) is 3.48. The van der Waals surface area contributed by atoms with Crippen LogP contribution in [0.15, 0.2) is 42.5 Å². The van der Waals surface area contributed by atoms with Crippen molar-refractivity contribution in [2.75, 3.05) is 43.5 Å². The molecule has 2 aromatic rings. The van der Waals surface area contributed by atoms with Crippen LogP contribution < -0.4 is 19.9 Å². The molecule has 0 radical (unpaired) electrons. The molecule has 0 aliphatic carbocycles. The highest BCUT2D eigenvalue weighted by Crippen LogP contribution is 2.29. The van der Waals surface area contributed by atoms with Crippen molar-refractivity contribution in [2.45, 2.75) is 13.0 Å². The van der Waals surface area contributed by atoms with Crippen LogP contribution in [0.25, 0.3) is 0 Å². The Balaban J connectivity index is 1.60. The molecule has 1 amide bonds. The van der Waals surface area contributed by atoms with Crippen molar-refractivity contribution in [1.82, 2.24) is 0 Å². The minimum Gasteiger partial charge on any atom is -0.494 e. The molecular formula is C20H24ClN4O4+. The first-order valence-electron chi connectivity index (χ1n) is 9.37. The molecule has 154 valence electrons. The van der Waals surface area contributed by atoms with Crippen LogP contribution >= 0.6 is 11.6 Å². The maximum absolute atomic E-state index is 12.7. The summed E-state index contributed by atoms with van der Waals surface area (Å²) < 4.78 is 5.19. The number of methoxy groups -OCH3 is 1. The molecule has 1 aliphatic heterocycles. The normalized spacial score (nSPS) is 15.6. The van der Waals surface area contributed by atoms with Gasteiger partial charge in [-0.2, -0.15) is 0 Å². The molecule has 1 heterocycles. The van der Waals surface area contributed by atoms with Crippen LogP contribution in [0.1, 0.15) is 6.92 Å². The molecule has 3 rings (SSSR count). The molecule has 0 spiro atoms. The Labute approximate surface area is 174 Å². The van der Waals surface area contributed by atoms with Gasteiger partial charge in [0.25, 0.3) is 11.6 Å². The maximum Gasteiger partial charge on any atom is 0.282 e. The molecule has 9 heteroatoms. The van der Waals surface area contributed by atoms with E-state index < -0.39 is 4.92 Å². The molecule has 2 aromatic carbocycles. The van der Waals surface area contributed by atoms with E-state index in [1.807, 2.05) is 31.2 Å². The van der Waals surface area contributed by atoms with Gasteiger partial charge in [-0.15, -0.1) is 0 Å². The van der Waals surface area contributed by atoms with E-state index in [9.17, 15) is 14.9 Å². The maximum atomic E-state index is 12.7. The third kappa shape index (κ3) is 4.96. The predicted octanol–water partition coefficient (Wildman–Crippen LogP) is 1.99. The highest BCUT2D eigenvalue weighted by atomic mass is 35.5. The number of amides is 1. The minimum atomic E-state index is -0.500. The Morgan fingerprint density at radius 2 is 2.00 bits per heavy atom. The van der Waals surface area contributed by atoms with Crippen LogP contribution in [0, 0.1) is 10.1 Å². The third-order valence-corrected chi connectivity index (χ3v) is 5.47. The van der Waals surface area contributed by atoms with Gasteiger partial charge in [0.1, 0.15) is 5.75 Å². The smallest absolute Gasteiger partial charge is 0.282 e. The number of non-ortho nitro benzene ring substituents is 1. The number of carbonyl (C=O) groups excluding carboxylic acids is 1. The van der Waals surface area contributed by atoms with Gasteiger partial charge in [0.05, 0.1) is 50.0 Å². The van der Waals surface area contributed by atoms with E-state index >= 15 is 0 Å². The summed E-state index contributed by atoms with van der Waals surface area (Å²) in [6.07, 6.45) is 0. The molecule has 0 saturated carbocycles. The van der Waals surface area contributed by atoms with Gasteiger partial charge in [-0.25, -0.2) is 0 Å². The lowest BCUT2D eigenvalue weighted by molar-refractivity contribution is -0.914. The second kappa shape index (κ2) is 9.11. The molecule has 0 bridgehead atoms. The minimum absolute atomic E-state index is 0.0874. The Morgan fingerprint density at radius 3 is 2.62 bits per heavy atom. The van der Waals surface area contributed by atoms with Crippen molar-refractivity contribution in [2.24, 2.45) is 0 Å². The number of halogens is 1. The van der Waals surface area contributed by atoms with Gasteiger partial charge in [0.15, 0.2) is 6.04 Å². The average molecular weight is 420 g/mol. The molecule has 1 atom stereocenters. The third-order valence-electron chi connectivity index (χ3n) is 5.24. The van der Waals surface area contributed by atoms with Crippen molar-refractivity contribution in [1.29, 1.82) is 0 Å². The lowest BCUT2D eigenvalue weighted by Crippen LogP contribution is -3.19. The van der Waals surface area contributed by atoms with Crippen molar-refractivity contribution in [3.8, 4) is 5.75 Å². The first kappa shape index (κ1) is 20.9. The van der Waals surface area contributed by atoms with Gasteiger partial charge in [-0.05, 0) is 31.2 Å². The van der Waals surface area contributed by atoms with E-state index in [0.717, 1.165) is 31.9 Å². The monoisotopic (exact) mass is 419 g/mol. The van der Waals surface area contributed by atoms with E-state index in [1.165, 1.54) is 30.2 Å². The van der Waals surface area contributed by atoms with Gasteiger partial charge in [0, 0.05) is 16.8 Å². The second-order valence-corrected chi connectivity index (χ2v) is 7.41. The molecule has 1 saturated heterocycles. The summed E-state index contributed by atoms with van der Waals surface area (Å²) in [4.78, 5) is 26.6. The number of hydrogen-bond acceptors (Lipinski definition) is 5. The largest absolute Gasteiger partial charge is 0.494 e. The highest BCUT2D eigenvalue weighted by Gasteiger charge is 2.30. The molecule has 8 nitrogen and oxygen atoms in total. The topological polar surface area (TPSA) is 89.1 Å². The van der Waals surface area contributed by atoms with Crippen molar-refractivity contribution in [3.05, 3.63) is 57.6 Å². The molecule has 0 unspecified atom stereocenters. The zero-order valence-corrected chi connectivity index (χ0v) is 17.1. The van der Waals surface area contributed by atoms with Crippen LogP contribution in [0.3, 0.4) is 0 Å². The molecule has 1 fully saturated rings. The number of quaternary nitrogens is 1. The zero-order valence-electron chi connectivity index (χ0n) is 16.4. The number of anilines is 2. The van der Waals surface area contributed by atoms with E-state index in [1.54, 1.807) is 0 Å². The zero-order chi connectivity index (χ0) is 21.0. The number of carbonyl (C=O) groups is 1. The fourth-order valence-corrected chi connectivity index (χ4v) is 3.67. The summed E-state index contributed by atoms with van der Waals surface area (Å²) in [5.74, 6) is 0.115. The van der Waals surface area contributed by atoms with Gasteiger partial charge >= 0.3 is 0 Å². The summed E-state index contributed by atoms with van der Waals surface area (Å²) in [6, 6.07) is 11.6. The standard InChI is InChI=1S/C20H23ClN4O4/c1-14(20(26)22-18-7-6-17(25(27)28)13-19(18)29-2)23-8-10-24(11-9-23)16-5-3-4-15(21)12-16/h3-7,12-14H,8-11H2,1-2H3,(H,22,26)/p+1/t14-/m1/s1. The molecule has 1 aliphatic rings. The van der Waals surface area contributed by atoms with E-state index in [-0.39, 0.29) is 23.4 Å². The number of nitrogens with one attached hydrogen (secondary N) is 2. The van der Waals surface area contributed by atoms with Crippen molar-refractivity contribution < 1.29 is 19.4 Å². The van der Waals surface area contributed by atoms with Crippen molar-refractivity contribution in [3.63, 3.8) is 0 Å². The first-order chi connectivity index (χ1) is 13.9. The van der Waals surface area contributed by atoms with E-state index in [2.05, 4.69) is 10.2 Å². The van der Waals surface area contributed by atoms with Gasteiger partial charge in [-0.1, -0.05) is 17.7 Å². The number of piperazine rings is 1. The Kier molecular flexibility index (Phi) is 6.56. The SMILES string of the molecule is COc1cc([N+](=O)[O-])ccc1NC(=O)[C@@H](C)[NH+]1CCN(c2cccc(Cl)c2)CC1. The fraction of sp³-hybridized carbons (Fsp3) is 0.350. The van der Waals surface area contributed by atoms with Gasteiger partial charge in [0.2, 0.25) is 0 Å². The Morgan fingerprint density at radius 1 is 1.28 bits per heavy atom. The number of benzene rings is 2. The first-order valence-corrected chi connectivity index (χ1v) is 9.75. The van der Waals surface area contributed by atoms with E-state index in [4.69, 9.17) is 16.3 Å². The summed E-state index contributed by atoms with van der Waals surface area (Å²) in [6.45, 7) is 5.18. The number of nitrogens with zero attached hydrogens (tertiary/aromatic N) is 2. The second-order valence-electron chi connectivity index (χ2n) is 6.98. The van der Waals surface area contributed by atoms with Crippen LogP contribution in [-0.4, -0.2) is 50.2 Å². The summed E-state index contributed by atoms with van der Waals surface area (Å²) >= 11 is 6.08. The molecule has 2 N–H and O–H groups in total. The number of rotatable bonds is 6. The summed E-state index contributed by atoms with van der Waals surface area (Å²) in [5.41, 5.74) is 1.42. The molecule has 0 aromatic heterocycles. The summed E-state index contributed by atoms with van der Waals surface area (Å²) in [5, 5.41) is 14.5. The number of hydrogen-bond donors (Lipinski definition) is 2. The van der Waals surface area contributed by atoms with Crippen LogP contribution in [0.4, 0.5) is 17.1 Å². The lowest BCUT2D eigenvalue weighted by atomic mass is 10.2. The van der Waals surface area contributed by atoms with Crippen molar-refractivity contribution >= 4 is 34.6 Å². The number of nitro groups is 1. The predicted molar refractivity (Wildman–Crippen MR) is 112 cm³/mol. The number of nitro benzene ring substituents is 1. The summed E-state index contributed by atoms with van der Waals surface area (Å²) in [7, 11) is 1.42. The van der Waals surface area contributed by atoms with Crippen LogP contribution in [0.2, 0.25) is 5.02 Å². The molecule has 29 heavy (non-hydrogen) atoms. The highest BCUT2D eigenvalue weighted by molar-refractivity contribution is 6.30. The van der Waals surface area contributed by atoms with Gasteiger partial charge in [-0.3, -0.25) is 14.9 Å². The van der Waals surface area contributed by atoms with Gasteiger partial charge < -0.3 is 19.9 Å². The molecular weight excluding hydrogens is 396 g/mol. The van der Waals surface area contributed by atoms with E-state index in [0.29, 0.717) is 10.7 Å². The Bertz CT molecular complexity index is 900. The quantitative estimate of drug-likeness (QED) is 0.552. The van der Waals surface area contributed by atoms with Crippen LogP contribution in [0.5, 0.6) is 5.75 Å². The Hall–Kier alpha value is -2.84. The lowest BCUT2D eigenvalue weighted by Gasteiger charge is -2.36. The number of ether oxygens (including phenoxy) is 1. The van der Waals surface area contributed by atoms with Crippen LogP contribution in [-0.2, 0) is 4.79 Å². The average Bonchev–Trinajstić information content (AvgIpc) is 2.73.